The third-order valence-electron chi connectivity index (χ3n) is 2.83. The van der Waals surface area contributed by atoms with E-state index in [9.17, 15) is 22.8 Å². The van der Waals surface area contributed by atoms with Gasteiger partial charge < -0.3 is 11.1 Å². The monoisotopic (exact) mass is 327 g/mol. The standard InChI is InChI=1S/C13H8F3N3O2S/c14-13(15,16)10-6(11(18)21)2-1-3-8(10)19-12-7(4-17)9(20)5-22-12/h1-3,19H,5H2,(H2,18,21). The van der Waals surface area contributed by atoms with Gasteiger partial charge in [-0.15, -0.1) is 0 Å². The molecule has 0 bridgehead atoms. The summed E-state index contributed by atoms with van der Waals surface area (Å²) in [6.45, 7) is 0. The summed E-state index contributed by atoms with van der Waals surface area (Å²) >= 11 is 0.925. The fourth-order valence-electron chi connectivity index (χ4n) is 1.91. The zero-order valence-corrected chi connectivity index (χ0v) is 11.6. The Labute approximate surface area is 127 Å². The van der Waals surface area contributed by atoms with E-state index in [0.29, 0.717) is 0 Å². The molecule has 0 fully saturated rings. The Balaban J connectivity index is 2.56. The second-order valence-corrected chi connectivity index (χ2v) is 5.23. The summed E-state index contributed by atoms with van der Waals surface area (Å²) in [5.74, 6) is -1.71. The number of halogens is 3. The van der Waals surface area contributed by atoms with Gasteiger partial charge in [0.2, 0.25) is 5.91 Å². The molecule has 5 nitrogen and oxygen atoms in total. The molecule has 114 valence electrons. The minimum absolute atomic E-state index is 0.0257. The van der Waals surface area contributed by atoms with Crippen molar-refractivity contribution in [1.82, 2.24) is 0 Å². The molecule has 22 heavy (non-hydrogen) atoms. The minimum atomic E-state index is -4.82. The van der Waals surface area contributed by atoms with Gasteiger partial charge in [-0.2, -0.15) is 18.4 Å². The quantitative estimate of drug-likeness (QED) is 0.888. The highest BCUT2D eigenvalue weighted by Gasteiger charge is 2.38. The number of thioether (sulfide) groups is 1. The molecule has 0 aliphatic carbocycles. The van der Waals surface area contributed by atoms with Crippen molar-refractivity contribution in [1.29, 1.82) is 5.26 Å². The molecule has 0 atom stereocenters. The van der Waals surface area contributed by atoms with Crippen molar-refractivity contribution >= 4 is 29.1 Å². The zero-order chi connectivity index (χ0) is 16.5. The number of anilines is 1. The number of hydrogen-bond acceptors (Lipinski definition) is 5. The van der Waals surface area contributed by atoms with Crippen molar-refractivity contribution in [2.45, 2.75) is 6.18 Å². The van der Waals surface area contributed by atoms with Crippen LogP contribution in [0.15, 0.2) is 28.8 Å². The number of primary amides is 1. The Morgan fingerprint density at radius 1 is 1.41 bits per heavy atom. The second kappa shape index (κ2) is 5.73. The van der Waals surface area contributed by atoms with E-state index in [1.54, 1.807) is 6.07 Å². The van der Waals surface area contributed by atoms with Crippen LogP contribution in [0.5, 0.6) is 0 Å². The highest BCUT2D eigenvalue weighted by Crippen LogP contribution is 2.39. The third kappa shape index (κ3) is 2.92. The molecule has 3 N–H and O–H groups in total. The van der Waals surface area contributed by atoms with E-state index < -0.39 is 34.7 Å². The third-order valence-corrected chi connectivity index (χ3v) is 3.83. The molecule has 1 amide bonds. The van der Waals surface area contributed by atoms with E-state index in [2.05, 4.69) is 5.32 Å². The van der Waals surface area contributed by atoms with Crippen LogP contribution in [0.25, 0.3) is 0 Å². The van der Waals surface area contributed by atoms with Crippen LogP contribution in [0.4, 0.5) is 18.9 Å². The smallest absolute Gasteiger partial charge is 0.366 e. The van der Waals surface area contributed by atoms with Crippen LogP contribution >= 0.6 is 11.8 Å². The fourth-order valence-corrected chi connectivity index (χ4v) is 2.82. The highest BCUT2D eigenvalue weighted by molar-refractivity contribution is 8.04. The van der Waals surface area contributed by atoms with Gasteiger partial charge in [-0.05, 0) is 12.1 Å². The lowest BCUT2D eigenvalue weighted by molar-refractivity contribution is -0.137. The van der Waals surface area contributed by atoms with Crippen molar-refractivity contribution in [3.63, 3.8) is 0 Å². The maximum Gasteiger partial charge on any atom is 0.419 e. The fraction of sp³-hybridized carbons (Fsp3) is 0.154. The van der Waals surface area contributed by atoms with E-state index in [1.165, 1.54) is 6.07 Å². The predicted octanol–water partition coefficient (Wildman–Crippen LogP) is 2.27. The number of nitrogens with one attached hydrogen (secondary N) is 1. The number of carbonyl (C=O) groups excluding carboxylic acids is 2. The van der Waals surface area contributed by atoms with Gasteiger partial charge in [0.15, 0.2) is 5.78 Å². The Morgan fingerprint density at radius 3 is 2.64 bits per heavy atom. The molecule has 0 saturated carbocycles. The first-order valence-electron chi connectivity index (χ1n) is 5.83. The summed E-state index contributed by atoms with van der Waals surface area (Å²) < 4.78 is 39.6. The summed E-state index contributed by atoms with van der Waals surface area (Å²) in [7, 11) is 0. The topological polar surface area (TPSA) is 96.0 Å². The number of benzene rings is 1. The number of rotatable bonds is 3. The lowest BCUT2D eigenvalue weighted by Crippen LogP contribution is -2.20. The SMILES string of the molecule is N#CC1=C(Nc2cccc(C(N)=O)c2C(F)(F)F)SCC1=O. The first-order chi connectivity index (χ1) is 10.3. The van der Waals surface area contributed by atoms with E-state index in [0.717, 1.165) is 23.9 Å². The molecular weight excluding hydrogens is 319 g/mol. The molecule has 0 unspecified atom stereocenters. The summed E-state index contributed by atoms with van der Waals surface area (Å²) in [5.41, 5.74) is 2.39. The van der Waals surface area contributed by atoms with Gasteiger partial charge in [0, 0.05) is 0 Å². The van der Waals surface area contributed by atoms with E-state index in [-0.39, 0.29) is 16.4 Å². The highest BCUT2D eigenvalue weighted by atomic mass is 32.2. The van der Waals surface area contributed by atoms with Crippen LogP contribution in [0, 0.1) is 11.3 Å². The largest absolute Gasteiger partial charge is 0.419 e. The average Bonchev–Trinajstić information content (AvgIpc) is 2.77. The van der Waals surface area contributed by atoms with Crippen LogP contribution in [-0.4, -0.2) is 17.4 Å². The Kier molecular flexibility index (Phi) is 4.14. The van der Waals surface area contributed by atoms with Crippen molar-refractivity contribution < 1.29 is 22.8 Å². The van der Waals surface area contributed by atoms with Crippen molar-refractivity contribution in [2.75, 3.05) is 11.1 Å². The lowest BCUT2D eigenvalue weighted by atomic mass is 10.0. The zero-order valence-electron chi connectivity index (χ0n) is 10.8. The van der Waals surface area contributed by atoms with Gasteiger partial charge in [0.1, 0.15) is 11.6 Å². The van der Waals surface area contributed by atoms with Crippen molar-refractivity contribution in [3.05, 3.63) is 39.9 Å². The van der Waals surface area contributed by atoms with Gasteiger partial charge in [-0.1, -0.05) is 17.8 Å². The summed E-state index contributed by atoms with van der Waals surface area (Å²) in [6, 6.07) is 4.94. The van der Waals surface area contributed by atoms with Crippen LogP contribution in [0.2, 0.25) is 0 Å². The van der Waals surface area contributed by atoms with Crippen LogP contribution in [0.3, 0.4) is 0 Å². The molecule has 0 radical (unpaired) electrons. The predicted molar refractivity (Wildman–Crippen MR) is 73.7 cm³/mol. The molecule has 1 aromatic carbocycles. The number of amides is 1. The molecule has 2 rings (SSSR count). The number of carbonyl (C=O) groups is 2. The summed E-state index contributed by atoms with van der Waals surface area (Å²) in [4.78, 5) is 22.6. The van der Waals surface area contributed by atoms with E-state index in [4.69, 9.17) is 11.0 Å². The van der Waals surface area contributed by atoms with Gasteiger partial charge in [0.25, 0.3) is 0 Å². The number of Topliss-reactive ketones (excluding diaryl/α,β-unsaturated/α-hetero) is 1. The van der Waals surface area contributed by atoms with Crippen molar-refractivity contribution in [3.8, 4) is 6.07 Å². The number of nitriles is 1. The molecule has 0 saturated heterocycles. The van der Waals surface area contributed by atoms with Gasteiger partial charge in [-0.3, -0.25) is 9.59 Å². The molecular formula is C13H8F3N3O2S. The Hall–Kier alpha value is -2.47. The second-order valence-electron chi connectivity index (χ2n) is 4.24. The van der Waals surface area contributed by atoms with E-state index >= 15 is 0 Å². The molecule has 0 aromatic heterocycles. The number of allylic oxidation sites excluding steroid dienone is 1. The first kappa shape index (κ1) is 15.9. The maximum absolute atomic E-state index is 13.2. The molecule has 1 aliphatic heterocycles. The van der Waals surface area contributed by atoms with Crippen LogP contribution in [-0.2, 0) is 11.0 Å². The Bertz CT molecular complexity index is 735. The van der Waals surface area contributed by atoms with Crippen molar-refractivity contribution in [2.24, 2.45) is 5.73 Å². The van der Waals surface area contributed by atoms with Crippen LogP contribution < -0.4 is 11.1 Å². The molecule has 0 spiro atoms. The molecule has 1 aromatic rings. The average molecular weight is 327 g/mol. The summed E-state index contributed by atoms with van der Waals surface area (Å²) in [5, 5.41) is 11.3. The number of hydrogen-bond donors (Lipinski definition) is 2. The van der Waals surface area contributed by atoms with Gasteiger partial charge in [0.05, 0.1) is 27.6 Å². The summed E-state index contributed by atoms with van der Waals surface area (Å²) in [6.07, 6.45) is -4.82. The van der Waals surface area contributed by atoms with Crippen LogP contribution in [0.1, 0.15) is 15.9 Å². The molecule has 1 heterocycles. The number of nitrogens with two attached hydrogens (primary N) is 1. The van der Waals surface area contributed by atoms with Gasteiger partial charge in [-0.25, -0.2) is 0 Å². The maximum atomic E-state index is 13.2. The van der Waals surface area contributed by atoms with E-state index in [1.807, 2.05) is 0 Å². The number of alkyl halides is 3. The lowest BCUT2D eigenvalue weighted by Gasteiger charge is -2.17. The first-order valence-corrected chi connectivity index (χ1v) is 6.81. The normalized spacial score (nSPS) is 14.9. The molecule has 9 heteroatoms. The van der Waals surface area contributed by atoms with Gasteiger partial charge >= 0.3 is 6.18 Å². The minimum Gasteiger partial charge on any atom is -0.366 e. The number of ketones is 1. The Morgan fingerprint density at radius 2 is 2.09 bits per heavy atom. The number of nitrogens with zero attached hydrogens (tertiary/aromatic N) is 1. The molecule has 1 aliphatic rings.